The van der Waals surface area contributed by atoms with Crippen molar-refractivity contribution in [3.63, 3.8) is 0 Å². The van der Waals surface area contributed by atoms with E-state index >= 15 is 0 Å². The summed E-state index contributed by atoms with van der Waals surface area (Å²) in [4.78, 5) is 11.2. The predicted molar refractivity (Wildman–Crippen MR) is 75.3 cm³/mol. The highest BCUT2D eigenvalue weighted by Crippen LogP contribution is 2.33. The first-order valence-electron chi connectivity index (χ1n) is 5.75. The normalized spacial score (nSPS) is 10.1. The highest BCUT2D eigenvalue weighted by Gasteiger charge is 2.14. The number of ether oxygens (including phenoxy) is 2. The molecule has 2 aromatic carbocycles. The molecule has 0 spiro atoms. The summed E-state index contributed by atoms with van der Waals surface area (Å²) in [6.07, 6.45) is 0. The summed E-state index contributed by atoms with van der Waals surface area (Å²) in [6, 6.07) is 9.25. The number of nitrogen functional groups attached to an aromatic ring is 2. The lowest BCUT2D eigenvalue weighted by molar-refractivity contribution is 0.0694. The first kappa shape index (κ1) is 13.5. The third-order valence-corrected chi connectivity index (χ3v) is 2.67. The fourth-order valence-corrected chi connectivity index (χ4v) is 1.65. The second-order valence-electron chi connectivity index (χ2n) is 4.07. The molecular formula is C14H14N2O4. The number of carboxylic acid groups (broad SMARTS) is 1. The van der Waals surface area contributed by atoms with Crippen LogP contribution in [0.1, 0.15) is 10.4 Å². The molecule has 0 fully saturated rings. The van der Waals surface area contributed by atoms with Gasteiger partial charge in [0, 0.05) is 11.8 Å². The fraction of sp³-hybridized carbons (Fsp3) is 0.0714. The molecule has 0 heterocycles. The molecule has 0 aliphatic rings. The van der Waals surface area contributed by atoms with Gasteiger partial charge in [0.15, 0.2) is 5.75 Å². The summed E-state index contributed by atoms with van der Waals surface area (Å²) in [6.45, 7) is 0. The van der Waals surface area contributed by atoms with Crippen molar-refractivity contribution >= 4 is 17.3 Å². The minimum atomic E-state index is -1.13. The van der Waals surface area contributed by atoms with E-state index in [4.69, 9.17) is 26.0 Å². The number of carbonyl (C=O) groups is 1. The van der Waals surface area contributed by atoms with Crippen molar-refractivity contribution in [3.05, 3.63) is 42.0 Å². The molecule has 0 saturated carbocycles. The maximum Gasteiger partial charge on any atom is 0.339 e. The van der Waals surface area contributed by atoms with Crippen LogP contribution in [0.25, 0.3) is 0 Å². The van der Waals surface area contributed by atoms with E-state index in [1.165, 1.54) is 19.2 Å². The Morgan fingerprint density at radius 2 is 1.85 bits per heavy atom. The second kappa shape index (κ2) is 5.40. The summed E-state index contributed by atoms with van der Waals surface area (Å²) in [5.74, 6) is -0.0986. The number of hydrogen-bond donors (Lipinski definition) is 3. The van der Waals surface area contributed by atoms with Crippen molar-refractivity contribution in [3.8, 4) is 17.2 Å². The van der Waals surface area contributed by atoms with Gasteiger partial charge in [-0.1, -0.05) is 0 Å². The quantitative estimate of drug-likeness (QED) is 0.738. The van der Waals surface area contributed by atoms with Gasteiger partial charge in [0.25, 0.3) is 0 Å². The van der Waals surface area contributed by atoms with E-state index < -0.39 is 5.97 Å². The Kier molecular flexibility index (Phi) is 3.65. The van der Waals surface area contributed by atoms with Crippen LogP contribution in [0.15, 0.2) is 36.4 Å². The number of carboxylic acids is 1. The van der Waals surface area contributed by atoms with Crippen molar-refractivity contribution in [2.24, 2.45) is 0 Å². The summed E-state index contributed by atoms with van der Waals surface area (Å²) < 4.78 is 10.6. The third-order valence-electron chi connectivity index (χ3n) is 2.67. The van der Waals surface area contributed by atoms with Crippen LogP contribution in [0.2, 0.25) is 0 Å². The lowest BCUT2D eigenvalue weighted by Crippen LogP contribution is -2.02. The Hall–Kier alpha value is -2.89. The number of hydrogen-bond acceptors (Lipinski definition) is 5. The highest BCUT2D eigenvalue weighted by molar-refractivity contribution is 5.92. The maximum atomic E-state index is 11.2. The number of rotatable bonds is 4. The number of nitrogens with two attached hydrogens (primary N) is 2. The topological polar surface area (TPSA) is 108 Å². The van der Waals surface area contributed by atoms with Gasteiger partial charge in [0.1, 0.15) is 17.1 Å². The Bertz CT molecular complexity index is 656. The van der Waals surface area contributed by atoms with Crippen LogP contribution < -0.4 is 20.9 Å². The highest BCUT2D eigenvalue weighted by atomic mass is 16.5. The smallest absolute Gasteiger partial charge is 0.339 e. The minimum absolute atomic E-state index is 0.0350. The van der Waals surface area contributed by atoms with Crippen LogP contribution >= 0.6 is 0 Å². The van der Waals surface area contributed by atoms with Gasteiger partial charge < -0.3 is 26.0 Å². The molecule has 0 atom stereocenters. The van der Waals surface area contributed by atoms with Gasteiger partial charge in [-0.05, 0) is 30.3 Å². The molecule has 104 valence electrons. The van der Waals surface area contributed by atoms with Crippen LogP contribution in [0, 0.1) is 0 Å². The predicted octanol–water partition coefficient (Wildman–Crippen LogP) is 2.35. The van der Waals surface area contributed by atoms with Crippen molar-refractivity contribution in [2.75, 3.05) is 18.6 Å². The number of methoxy groups -OCH3 is 1. The summed E-state index contributed by atoms with van der Waals surface area (Å²) in [5.41, 5.74) is 12.0. The summed E-state index contributed by atoms with van der Waals surface area (Å²) in [5, 5.41) is 9.15. The zero-order valence-corrected chi connectivity index (χ0v) is 10.8. The molecule has 2 rings (SSSR count). The average Bonchev–Trinajstić information content (AvgIpc) is 2.42. The van der Waals surface area contributed by atoms with Crippen molar-refractivity contribution in [2.45, 2.75) is 0 Å². The molecule has 0 unspecified atom stereocenters. The van der Waals surface area contributed by atoms with Gasteiger partial charge in [0.05, 0.1) is 12.8 Å². The van der Waals surface area contributed by atoms with Gasteiger partial charge in [-0.2, -0.15) is 0 Å². The SMILES string of the molecule is COc1ccc(N)c(Oc2ccc(N)cc2C(=O)O)c1. The van der Waals surface area contributed by atoms with Gasteiger partial charge in [-0.3, -0.25) is 0 Å². The minimum Gasteiger partial charge on any atom is -0.497 e. The molecule has 0 amide bonds. The molecule has 0 aliphatic carbocycles. The van der Waals surface area contributed by atoms with E-state index in [0.717, 1.165) is 0 Å². The van der Waals surface area contributed by atoms with E-state index in [1.54, 1.807) is 24.3 Å². The van der Waals surface area contributed by atoms with E-state index in [1.807, 2.05) is 0 Å². The molecule has 2 aromatic rings. The maximum absolute atomic E-state index is 11.2. The zero-order chi connectivity index (χ0) is 14.7. The molecule has 0 saturated heterocycles. The average molecular weight is 274 g/mol. The largest absolute Gasteiger partial charge is 0.497 e. The molecular weight excluding hydrogens is 260 g/mol. The molecule has 6 nitrogen and oxygen atoms in total. The summed E-state index contributed by atoms with van der Waals surface area (Å²) in [7, 11) is 1.52. The van der Waals surface area contributed by atoms with Crippen LogP contribution in [-0.2, 0) is 0 Å². The lowest BCUT2D eigenvalue weighted by Gasteiger charge is -2.12. The van der Waals surface area contributed by atoms with Gasteiger partial charge >= 0.3 is 5.97 Å². The molecule has 0 bridgehead atoms. The van der Waals surface area contributed by atoms with Gasteiger partial charge in [-0.15, -0.1) is 0 Å². The van der Waals surface area contributed by atoms with E-state index in [2.05, 4.69) is 0 Å². The Morgan fingerprint density at radius 1 is 1.10 bits per heavy atom. The lowest BCUT2D eigenvalue weighted by atomic mass is 10.2. The van der Waals surface area contributed by atoms with E-state index in [9.17, 15) is 4.79 Å². The Morgan fingerprint density at radius 3 is 2.50 bits per heavy atom. The van der Waals surface area contributed by atoms with E-state index in [-0.39, 0.29) is 11.3 Å². The molecule has 0 aliphatic heterocycles. The molecule has 0 aromatic heterocycles. The first-order chi connectivity index (χ1) is 9.51. The van der Waals surface area contributed by atoms with Crippen molar-refractivity contribution in [1.82, 2.24) is 0 Å². The number of anilines is 2. The first-order valence-corrected chi connectivity index (χ1v) is 5.75. The molecule has 5 N–H and O–H groups in total. The summed E-state index contributed by atoms with van der Waals surface area (Å²) >= 11 is 0. The molecule has 0 radical (unpaired) electrons. The van der Waals surface area contributed by atoms with Crippen LogP contribution in [0.4, 0.5) is 11.4 Å². The fourth-order valence-electron chi connectivity index (χ4n) is 1.65. The molecule has 20 heavy (non-hydrogen) atoms. The Balaban J connectivity index is 2.42. The van der Waals surface area contributed by atoms with Crippen LogP contribution in [0.5, 0.6) is 17.2 Å². The monoisotopic (exact) mass is 274 g/mol. The second-order valence-corrected chi connectivity index (χ2v) is 4.07. The van der Waals surface area contributed by atoms with Crippen molar-refractivity contribution in [1.29, 1.82) is 0 Å². The standard InChI is InChI=1S/C14H14N2O4/c1-19-9-3-4-11(16)13(7-9)20-12-5-2-8(15)6-10(12)14(17)18/h2-7H,15-16H2,1H3,(H,17,18). The van der Waals surface area contributed by atoms with E-state index in [0.29, 0.717) is 22.9 Å². The number of benzene rings is 2. The number of aromatic carboxylic acids is 1. The molecule has 6 heteroatoms. The van der Waals surface area contributed by atoms with Crippen LogP contribution in [0.3, 0.4) is 0 Å². The van der Waals surface area contributed by atoms with Crippen molar-refractivity contribution < 1.29 is 19.4 Å². The van der Waals surface area contributed by atoms with Crippen LogP contribution in [-0.4, -0.2) is 18.2 Å². The van der Waals surface area contributed by atoms with Gasteiger partial charge in [-0.25, -0.2) is 4.79 Å². The third kappa shape index (κ3) is 2.74. The zero-order valence-electron chi connectivity index (χ0n) is 10.8. The Labute approximate surface area is 115 Å². The van der Waals surface area contributed by atoms with Gasteiger partial charge in [0.2, 0.25) is 0 Å².